The third-order valence-electron chi connectivity index (χ3n) is 3.80. The van der Waals surface area contributed by atoms with Crippen molar-refractivity contribution in [2.24, 2.45) is 0 Å². The second kappa shape index (κ2) is 7.69. The summed E-state index contributed by atoms with van der Waals surface area (Å²) < 4.78 is 17.5. The Bertz CT molecular complexity index is 1030. The number of hydrogen-bond acceptors (Lipinski definition) is 8. The van der Waals surface area contributed by atoms with Crippen LogP contribution in [0.1, 0.15) is 0 Å². The van der Waals surface area contributed by atoms with Gasteiger partial charge in [-0.05, 0) is 36.4 Å². The Morgan fingerprint density at radius 1 is 1.07 bits per heavy atom. The number of fused-ring (bicyclic) bond motifs is 1. The van der Waals surface area contributed by atoms with Crippen LogP contribution < -0.4 is 19.5 Å². The Morgan fingerprint density at radius 2 is 1.82 bits per heavy atom. The first-order valence-corrected chi connectivity index (χ1v) is 8.99. The van der Waals surface area contributed by atoms with Crippen LogP contribution in [0, 0.1) is 10.1 Å². The minimum Gasteiger partial charge on any atom is -0.486 e. The molecular weight excluding hydrogens is 432 g/mol. The first-order chi connectivity index (χ1) is 13.6. The molecule has 0 bridgehead atoms. The molecule has 28 heavy (non-hydrogen) atoms. The summed E-state index contributed by atoms with van der Waals surface area (Å²) in [6.45, 7) is 0.920. The maximum atomic E-state index is 11.7. The molecule has 0 unspecified atom stereocenters. The third-order valence-corrected chi connectivity index (χ3v) is 4.33. The van der Waals surface area contributed by atoms with E-state index in [4.69, 9.17) is 14.2 Å². The first-order valence-electron chi connectivity index (χ1n) is 8.19. The Kier molecular flexibility index (Phi) is 4.94. The van der Waals surface area contributed by atoms with Gasteiger partial charge in [0.15, 0.2) is 11.5 Å². The number of benzene rings is 2. The summed E-state index contributed by atoms with van der Waals surface area (Å²) in [4.78, 5) is 19.0. The molecule has 0 saturated heterocycles. The number of ether oxygens (including phenoxy) is 3. The van der Waals surface area contributed by atoms with E-state index in [0.717, 1.165) is 4.47 Å². The van der Waals surface area contributed by atoms with E-state index in [9.17, 15) is 10.1 Å². The van der Waals surface area contributed by atoms with Crippen molar-refractivity contribution in [3.05, 3.63) is 63.4 Å². The normalized spacial score (nSPS) is 12.3. The molecule has 2 aromatic carbocycles. The number of halogens is 1. The minimum absolute atomic E-state index is 0.00351. The Morgan fingerprint density at radius 3 is 2.57 bits per heavy atom. The number of anilines is 2. The van der Waals surface area contributed by atoms with E-state index < -0.39 is 4.92 Å². The quantitative estimate of drug-likeness (QED) is 0.453. The highest BCUT2D eigenvalue weighted by atomic mass is 79.9. The van der Waals surface area contributed by atoms with Gasteiger partial charge in [-0.1, -0.05) is 15.9 Å². The molecule has 0 fully saturated rings. The fraction of sp³-hybridized carbons (Fsp3) is 0.111. The van der Waals surface area contributed by atoms with Gasteiger partial charge in [0, 0.05) is 16.2 Å². The van der Waals surface area contributed by atoms with Crippen LogP contribution in [0.4, 0.5) is 17.2 Å². The van der Waals surface area contributed by atoms with Gasteiger partial charge in [-0.2, -0.15) is 4.98 Å². The van der Waals surface area contributed by atoms with Gasteiger partial charge in [0.1, 0.15) is 25.3 Å². The topological polar surface area (TPSA) is 109 Å². The number of hydrogen-bond donors (Lipinski definition) is 1. The van der Waals surface area contributed by atoms with Crippen LogP contribution in [0.2, 0.25) is 0 Å². The van der Waals surface area contributed by atoms with Gasteiger partial charge in [0.25, 0.3) is 0 Å². The number of nitrogens with one attached hydrogen (secondary N) is 1. The van der Waals surface area contributed by atoms with Crippen LogP contribution in [-0.2, 0) is 0 Å². The molecule has 0 amide bonds. The minimum atomic E-state index is -0.589. The molecule has 0 spiro atoms. The lowest BCUT2D eigenvalue weighted by molar-refractivity contribution is -0.385. The van der Waals surface area contributed by atoms with Crippen molar-refractivity contribution in [2.75, 3.05) is 18.5 Å². The molecule has 0 atom stereocenters. The van der Waals surface area contributed by atoms with Gasteiger partial charge in [-0.15, -0.1) is 0 Å². The van der Waals surface area contributed by atoms with E-state index in [1.807, 2.05) is 0 Å². The summed E-state index contributed by atoms with van der Waals surface area (Å²) in [7, 11) is 0. The summed E-state index contributed by atoms with van der Waals surface area (Å²) >= 11 is 3.32. The van der Waals surface area contributed by atoms with Crippen LogP contribution in [0.3, 0.4) is 0 Å². The standard InChI is InChI=1S/C18H13BrN4O5/c19-11-1-4-13(5-2-11)28-18-16(23(24)25)17(20-10-21-18)22-12-3-6-14-15(9-12)27-8-7-26-14/h1-6,9-10H,7-8H2,(H,20,21,22). The lowest BCUT2D eigenvalue weighted by Crippen LogP contribution is -2.15. The summed E-state index contributed by atoms with van der Waals surface area (Å²) in [5, 5.41) is 14.6. The SMILES string of the molecule is O=[N+]([O-])c1c(Nc2ccc3c(c2)OCCO3)ncnc1Oc1ccc(Br)cc1. The monoisotopic (exact) mass is 444 g/mol. The maximum Gasteiger partial charge on any atom is 0.373 e. The van der Waals surface area contributed by atoms with E-state index in [2.05, 4.69) is 31.2 Å². The van der Waals surface area contributed by atoms with Crippen molar-refractivity contribution in [1.29, 1.82) is 0 Å². The van der Waals surface area contributed by atoms with Crippen LogP contribution >= 0.6 is 15.9 Å². The predicted molar refractivity (Wildman–Crippen MR) is 104 cm³/mol. The maximum absolute atomic E-state index is 11.7. The second-order valence-electron chi connectivity index (χ2n) is 5.67. The van der Waals surface area contributed by atoms with E-state index in [1.165, 1.54) is 6.33 Å². The predicted octanol–water partition coefficient (Wildman–Crippen LogP) is 4.45. The number of rotatable bonds is 5. The molecule has 1 aliphatic rings. The number of aromatic nitrogens is 2. The fourth-order valence-electron chi connectivity index (χ4n) is 2.57. The van der Waals surface area contributed by atoms with Gasteiger partial charge in [0.2, 0.25) is 5.82 Å². The van der Waals surface area contributed by atoms with Gasteiger partial charge < -0.3 is 19.5 Å². The Labute approximate surface area is 167 Å². The average Bonchev–Trinajstić information content (AvgIpc) is 2.69. The van der Waals surface area contributed by atoms with Crippen molar-refractivity contribution >= 4 is 33.1 Å². The van der Waals surface area contributed by atoms with Crippen molar-refractivity contribution in [3.8, 4) is 23.1 Å². The van der Waals surface area contributed by atoms with Crippen molar-refractivity contribution < 1.29 is 19.1 Å². The third kappa shape index (κ3) is 3.81. The van der Waals surface area contributed by atoms with Crippen LogP contribution in [-0.4, -0.2) is 28.1 Å². The van der Waals surface area contributed by atoms with Crippen LogP contribution in [0.5, 0.6) is 23.1 Å². The molecule has 0 saturated carbocycles. The average molecular weight is 445 g/mol. The molecular formula is C18H13BrN4O5. The molecule has 9 nitrogen and oxygen atoms in total. The summed E-state index contributed by atoms with van der Waals surface area (Å²) in [6, 6.07) is 12.0. The van der Waals surface area contributed by atoms with Gasteiger partial charge in [-0.25, -0.2) is 4.98 Å². The molecule has 0 aliphatic carbocycles. The van der Waals surface area contributed by atoms with E-state index in [0.29, 0.717) is 36.1 Å². The number of nitrogens with zero attached hydrogens (tertiary/aromatic N) is 3. The lowest BCUT2D eigenvalue weighted by Gasteiger charge is -2.19. The van der Waals surface area contributed by atoms with Crippen molar-refractivity contribution in [2.45, 2.75) is 0 Å². The fourth-order valence-corrected chi connectivity index (χ4v) is 2.83. The van der Waals surface area contributed by atoms with E-state index in [-0.39, 0.29) is 17.4 Å². The zero-order valence-corrected chi connectivity index (χ0v) is 15.9. The molecule has 1 aromatic heterocycles. The van der Waals surface area contributed by atoms with Crippen molar-refractivity contribution in [3.63, 3.8) is 0 Å². The second-order valence-corrected chi connectivity index (χ2v) is 6.59. The highest BCUT2D eigenvalue weighted by molar-refractivity contribution is 9.10. The smallest absolute Gasteiger partial charge is 0.373 e. The van der Waals surface area contributed by atoms with Gasteiger partial charge in [-0.3, -0.25) is 10.1 Å². The molecule has 1 N–H and O–H groups in total. The van der Waals surface area contributed by atoms with E-state index in [1.54, 1.807) is 42.5 Å². The molecule has 0 radical (unpaired) electrons. The highest BCUT2D eigenvalue weighted by Gasteiger charge is 2.25. The summed E-state index contributed by atoms with van der Waals surface area (Å²) in [5.74, 6) is 1.42. The molecule has 142 valence electrons. The van der Waals surface area contributed by atoms with Crippen LogP contribution in [0.25, 0.3) is 0 Å². The molecule has 4 rings (SSSR count). The molecule has 3 aromatic rings. The molecule has 2 heterocycles. The van der Waals surface area contributed by atoms with Gasteiger partial charge in [0.05, 0.1) is 4.92 Å². The Hall–Kier alpha value is -3.40. The summed E-state index contributed by atoms with van der Waals surface area (Å²) in [6.07, 6.45) is 1.20. The van der Waals surface area contributed by atoms with Crippen molar-refractivity contribution in [1.82, 2.24) is 9.97 Å². The highest BCUT2D eigenvalue weighted by Crippen LogP contribution is 2.38. The molecule has 1 aliphatic heterocycles. The first kappa shape index (κ1) is 18.0. The summed E-state index contributed by atoms with van der Waals surface area (Å²) in [5.41, 5.74) is 0.181. The van der Waals surface area contributed by atoms with Crippen LogP contribution in [0.15, 0.2) is 53.3 Å². The zero-order chi connectivity index (χ0) is 19.5. The number of nitro groups is 1. The largest absolute Gasteiger partial charge is 0.486 e. The lowest BCUT2D eigenvalue weighted by atomic mass is 10.2. The molecule has 10 heteroatoms. The Balaban J connectivity index is 1.65. The van der Waals surface area contributed by atoms with Gasteiger partial charge >= 0.3 is 11.6 Å². The van der Waals surface area contributed by atoms with E-state index >= 15 is 0 Å². The zero-order valence-electron chi connectivity index (χ0n) is 14.3.